The van der Waals surface area contributed by atoms with Gasteiger partial charge in [-0.2, -0.15) is 13.2 Å². The van der Waals surface area contributed by atoms with Gasteiger partial charge in [0.25, 0.3) is 0 Å². The highest BCUT2D eigenvalue weighted by Gasteiger charge is 2.37. The van der Waals surface area contributed by atoms with E-state index in [1.165, 1.54) is 6.07 Å². The monoisotopic (exact) mass is 300 g/mol. The Morgan fingerprint density at radius 3 is 2.48 bits per heavy atom. The van der Waals surface area contributed by atoms with Crippen molar-refractivity contribution in [2.45, 2.75) is 32.5 Å². The Balaban J connectivity index is 2.27. The highest BCUT2D eigenvalue weighted by molar-refractivity contribution is 5.33. The van der Waals surface area contributed by atoms with E-state index in [0.29, 0.717) is 17.4 Å². The molecule has 1 aliphatic heterocycles. The fourth-order valence-corrected chi connectivity index (χ4v) is 3.16. The number of hydrogen-bond acceptors (Lipinski definition) is 2. The van der Waals surface area contributed by atoms with Crippen molar-refractivity contribution in [3.63, 3.8) is 0 Å². The zero-order valence-electron chi connectivity index (χ0n) is 12.5. The van der Waals surface area contributed by atoms with E-state index < -0.39 is 11.7 Å². The van der Waals surface area contributed by atoms with Crippen molar-refractivity contribution in [3.05, 3.63) is 35.4 Å². The molecule has 2 unspecified atom stereocenters. The second-order valence-corrected chi connectivity index (χ2v) is 6.12. The number of benzene rings is 1. The summed E-state index contributed by atoms with van der Waals surface area (Å²) < 4.78 is 39.5. The third-order valence-corrected chi connectivity index (χ3v) is 4.49. The zero-order chi connectivity index (χ0) is 15.6. The normalized spacial score (nSPS) is 22.0. The minimum atomic E-state index is -4.33. The third-order valence-electron chi connectivity index (χ3n) is 4.49. The van der Waals surface area contributed by atoms with Gasteiger partial charge in [-0.3, -0.25) is 4.90 Å². The van der Waals surface area contributed by atoms with Gasteiger partial charge in [-0.05, 0) is 36.4 Å². The lowest BCUT2D eigenvalue weighted by atomic mass is 9.95. The Morgan fingerprint density at radius 2 is 1.95 bits per heavy atom. The fraction of sp³-hybridized carbons (Fsp3) is 0.625. The third kappa shape index (κ3) is 3.58. The molecule has 21 heavy (non-hydrogen) atoms. The molecule has 1 fully saturated rings. The van der Waals surface area contributed by atoms with Crippen LogP contribution in [0.2, 0.25) is 0 Å². The molecule has 118 valence electrons. The van der Waals surface area contributed by atoms with Gasteiger partial charge in [0, 0.05) is 19.1 Å². The predicted molar refractivity (Wildman–Crippen MR) is 77.8 cm³/mol. The van der Waals surface area contributed by atoms with Gasteiger partial charge in [-0.15, -0.1) is 0 Å². The summed E-state index contributed by atoms with van der Waals surface area (Å²) in [6.07, 6.45) is -3.30. The summed E-state index contributed by atoms with van der Waals surface area (Å²) in [5, 5.41) is 0. The quantitative estimate of drug-likeness (QED) is 0.919. The van der Waals surface area contributed by atoms with E-state index in [-0.39, 0.29) is 12.6 Å². The van der Waals surface area contributed by atoms with E-state index in [2.05, 4.69) is 18.7 Å². The number of nitrogens with zero attached hydrogens (tertiary/aromatic N) is 1. The number of nitrogens with two attached hydrogens (primary N) is 1. The lowest BCUT2D eigenvalue weighted by molar-refractivity contribution is -0.138. The van der Waals surface area contributed by atoms with Crippen molar-refractivity contribution in [3.8, 4) is 0 Å². The van der Waals surface area contributed by atoms with E-state index in [1.807, 2.05) is 0 Å². The summed E-state index contributed by atoms with van der Waals surface area (Å²) in [6.45, 7) is 6.17. The highest BCUT2D eigenvalue weighted by Crippen LogP contribution is 2.38. The van der Waals surface area contributed by atoms with Crippen LogP contribution in [0.4, 0.5) is 13.2 Å². The Kier molecular flexibility index (Phi) is 4.94. The van der Waals surface area contributed by atoms with Gasteiger partial charge >= 0.3 is 6.18 Å². The standard InChI is InChI=1S/C16H23F3N2/c1-11(2)12-7-8-21(10-12)15(9-20)13-5-3-4-6-14(13)16(17,18)19/h3-6,11-12,15H,7-10,20H2,1-2H3. The van der Waals surface area contributed by atoms with Gasteiger partial charge in [0.1, 0.15) is 0 Å². The minimum Gasteiger partial charge on any atom is -0.329 e. The maximum atomic E-state index is 13.2. The average molecular weight is 300 g/mol. The van der Waals surface area contributed by atoms with E-state index in [1.54, 1.807) is 12.1 Å². The molecule has 2 atom stereocenters. The molecule has 5 heteroatoms. The van der Waals surface area contributed by atoms with Gasteiger partial charge in [-0.25, -0.2) is 0 Å². The van der Waals surface area contributed by atoms with Crippen LogP contribution in [-0.4, -0.2) is 24.5 Å². The number of rotatable bonds is 4. The van der Waals surface area contributed by atoms with Crippen molar-refractivity contribution in [1.82, 2.24) is 4.90 Å². The van der Waals surface area contributed by atoms with Gasteiger partial charge in [0.2, 0.25) is 0 Å². The van der Waals surface area contributed by atoms with Crippen molar-refractivity contribution in [1.29, 1.82) is 0 Å². The molecule has 0 spiro atoms. The molecule has 0 aliphatic carbocycles. The van der Waals surface area contributed by atoms with Crippen LogP contribution in [0.3, 0.4) is 0 Å². The van der Waals surface area contributed by atoms with Gasteiger partial charge in [0.15, 0.2) is 0 Å². The Morgan fingerprint density at radius 1 is 1.29 bits per heavy atom. The fourth-order valence-electron chi connectivity index (χ4n) is 3.16. The number of likely N-dealkylation sites (tertiary alicyclic amines) is 1. The molecule has 0 saturated carbocycles. The van der Waals surface area contributed by atoms with Crippen LogP contribution in [0.25, 0.3) is 0 Å². The summed E-state index contributed by atoms with van der Waals surface area (Å²) in [5.41, 5.74) is 5.55. The molecule has 0 aromatic heterocycles. The van der Waals surface area contributed by atoms with Crippen molar-refractivity contribution in [2.24, 2.45) is 17.6 Å². The predicted octanol–water partition coefficient (Wildman–Crippen LogP) is 3.68. The smallest absolute Gasteiger partial charge is 0.329 e. The Labute approximate surface area is 124 Å². The Hall–Kier alpha value is -1.07. The zero-order valence-corrected chi connectivity index (χ0v) is 12.5. The molecule has 2 rings (SSSR count). The SMILES string of the molecule is CC(C)C1CCN(C(CN)c2ccccc2C(F)(F)F)C1. The topological polar surface area (TPSA) is 29.3 Å². The lowest BCUT2D eigenvalue weighted by Crippen LogP contribution is -2.34. The molecular weight excluding hydrogens is 277 g/mol. The second kappa shape index (κ2) is 6.36. The first kappa shape index (κ1) is 16.3. The van der Waals surface area contributed by atoms with Crippen molar-refractivity contribution in [2.75, 3.05) is 19.6 Å². The van der Waals surface area contributed by atoms with Crippen LogP contribution >= 0.6 is 0 Å². The van der Waals surface area contributed by atoms with Crippen LogP contribution in [0.15, 0.2) is 24.3 Å². The molecule has 2 N–H and O–H groups in total. The molecular formula is C16H23F3N2. The van der Waals surface area contributed by atoms with Crippen LogP contribution in [0, 0.1) is 11.8 Å². The minimum absolute atomic E-state index is 0.206. The first-order valence-electron chi connectivity index (χ1n) is 7.44. The number of hydrogen-bond donors (Lipinski definition) is 1. The summed E-state index contributed by atoms with van der Waals surface area (Å²) in [6, 6.07) is 5.44. The molecule has 1 heterocycles. The van der Waals surface area contributed by atoms with Crippen molar-refractivity contribution >= 4 is 0 Å². The molecule has 1 saturated heterocycles. The summed E-state index contributed by atoms with van der Waals surface area (Å²) in [5.74, 6) is 1.09. The van der Waals surface area contributed by atoms with E-state index >= 15 is 0 Å². The largest absolute Gasteiger partial charge is 0.416 e. The van der Waals surface area contributed by atoms with Crippen LogP contribution in [-0.2, 0) is 6.18 Å². The van der Waals surface area contributed by atoms with E-state index in [4.69, 9.17) is 5.73 Å². The van der Waals surface area contributed by atoms with Gasteiger partial charge in [-0.1, -0.05) is 32.0 Å². The highest BCUT2D eigenvalue weighted by atomic mass is 19.4. The Bertz CT molecular complexity index is 471. The molecule has 0 radical (unpaired) electrons. The van der Waals surface area contributed by atoms with Gasteiger partial charge < -0.3 is 5.73 Å². The van der Waals surface area contributed by atoms with Crippen LogP contribution in [0.1, 0.15) is 37.4 Å². The van der Waals surface area contributed by atoms with Crippen LogP contribution in [0.5, 0.6) is 0 Å². The molecule has 2 nitrogen and oxygen atoms in total. The average Bonchev–Trinajstić information content (AvgIpc) is 2.89. The second-order valence-electron chi connectivity index (χ2n) is 6.12. The molecule has 0 bridgehead atoms. The number of halogens is 3. The summed E-state index contributed by atoms with van der Waals surface area (Å²) in [7, 11) is 0. The van der Waals surface area contributed by atoms with Crippen LogP contribution < -0.4 is 5.73 Å². The maximum Gasteiger partial charge on any atom is 0.416 e. The lowest BCUT2D eigenvalue weighted by Gasteiger charge is -2.29. The molecule has 0 amide bonds. The van der Waals surface area contributed by atoms with Crippen molar-refractivity contribution < 1.29 is 13.2 Å². The first-order valence-corrected chi connectivity index (χ1v) is 7.44. The molecule has 1 aromatic rings. The maximum absolute atomic E-state index is 13.2. The van der Waals surface area contributed by atoms with E-state index in [9.17, 15) is 13.2 Å². The first-order chi connectivity index (χ1) is 9.84. The van der Waals surface area contributed by atoms with E-state index in [0.717, 1.165) is 25.6 Å². The summed E-state index contributed by atoms with van der Waals surface area (Å²) in [4.78, 5) is 2.11. The number of alkyl halides is 3. The summed E-state index contributed by atoms with van der Waals surface area (Å²) >= 11 is 0. The van der Waals surface area contributed by atoms with Gasteiger partial charge in [0.05, 0.1) is 5.56 Å². The molecule has 1 aromatic carbocycles. The molecule has 1 aliphatic rings.